The average Bonchev–Trinajstić information content (AvgIpc) is 3.62. The Morgan fingerprint density at radius 1 is 1.03 bits per heavy atom. The second-order valence-corrected chi connectivity index (χ2v) is 9.66. The highest BCUT2D eigenvalue weighted by atomic mass is 16.7. The number of H-pyrrole nitrogens is 1. The predicted molar refractivity (Wildman–Crippen MR) is 142 cm³/mol. The number of fused-ring (bicyclic) bond motifs is 2. The molecule has 204 valence electrons. The van der Waals surface area contributed by atoms with E-state index in [1.807, 2.05) is 36.4 Å². The van der Waals surface area contributed by atoms with Gasteiger partial charge in [-0.05, 0) is 52.4 Å². The van der Waals surface area contributed by atoms with E-state index >= 15 is 0 Å². The topological polar surface area (TPSA) is 120 Å². The first kappa shape index (κ1) is 25.3. The number of ether oxygens (including phenoxy) is 4. The van der Waals surface area contributed by atoms with Crippen LogP contribution in [0.15, 0.2) is 47.3 Å². The maximum atomic E-state index is 13.4. The van der Waals surface area contributed by atoms with Crippen molar-refractivity contribution in [1.29, 1.82) is 0 Å². The van der Waals surface area contributed by atoms with Crippen molar-refractivity contribution < 1.29 is 18.9 Å². The number of methoxy groups -OCH3 is 2. The van der Waals surface area contributed by atoms with Crippen LogP contribution in [0.4, 0.5) is 0 Å². The molecule has 1 saturated heterocycles. The van der Waals surface area contributed by atoms with E-state index < -0.39 is 6.04 Å². The summed E-state index contributed by atoms with van der Waals surface area (Å²) in [4.78, 5) is 21.2. The summed E-state index contributed by atoms with van der Waals surface area (Å²) >= 11 is 0. The lowest BCUT2D eigenvalue weighted by Crippen LogP contribution is -2.48. The van der Waals surface area contributed by atoms with Crippen LogP contribution >= 0.6 is 0 Å². The van der Waals surface area contributed by atoms with Crippen LogP contribution in [0.3, 0.4) is 0 Å². The maximum Gasteiger partial charge on any atom is 0.253 e. The summed E-state index contributed by atoms with van der Waals surface area (Å²) < 4.78 is 23.4. The Kier molecular flexibility index (Phi) is 7.14. The first-order chi connectivity index (χ1) is 19.1. The van der Waals surface area contributed by atoms with Gasteiger partial charge >= 0.3 is 0 Å². The molecule has 0 aliphatic carbocycles. The predicted octanol–water partition coefficient (Wildman–Crippen LogP) is 1.81. The van der Waals surface area contributed by atoms with Gasteiger partial charge in [-0.3, -0.25) is 14.6 Å². The molecule has 0 radical (unpaired) electrons. The first-order valence-corrected chi connectivity index (χ1v) is 12.9. The Morgan fingerprint density at radius 3 is 2.69 bits per heavy atom. The average molecular weight is 534 g/mol. The highest BCUT2D eigenvalue weighted by Crippen LogP contribution is 2.33. The van der Waals surface area contributed by atoms with Crippen LogP contribution in [0.5, 0.6) is 17.2 Å². The highest BCUT2D eigenvalue weighted by molar-refractivity contribution is 5.80. The summed E-state index contributed by atoms with van der Waals surface area (Å²) in [6.45, 7) is 5.14. The Balaban J connectivity index is 1.28. The summed E-state index contributed by atoms with van der Waals surface area (Å²) in [6, 6.07) is 13.2. The Labute approximate surface area is 225 Å². The molecule has 1 atom stereocenters. The fourth-order valence-electron chi connectivity index (χ4n) is 5.25. The van der Waals surface area contributed by atoms with E-state index in [1.54, 1.807) is 18.9 Å². The fourth-order valence-corrected chi connectivity index (χ4v) is 5.25. The molecule has 2 aliphatic heterocycles. The van der Waals surface area contributed by atoms with Gasteiger partial charge in [-0.25, -0.2) is 4.68 Å². The van der Waals surface area contributed by atoms with Gasteiger partial charge in [-0.2, -0.15) is 0 Å². The molecule has 4 heterocycles. The Hall–Kier alpha value is -4.00. The van der Waals surface area contributed by atoms with Gasteiger partial charge in [0.1, 0.15) is 11.8 Å². The second-order valence-electron chi connectivity index (χ2n) is 9.66. The minimum atomic E-state index is -0.427. The Bertz CT molecular complexity index is 1510. The number of tetrazole rings is 1. The molecule has 2 aliphatic rings. The van der Waals surface area contributed by atoms with E-state index in [0.717, 1.165) is 60.9 Å². The molecule has 1 fully saturated rings. The van der Waals surface area contributed by atoms with Gasteiger partial charge in [-0.1, -0.05) is 6.07 Å². The molecule has 12 nitrogen and oxygen atoms in total. The molecule has 4 aromatic rings. The van der Waals surface area contributed by atoms with E-state index in [0.29, 0.717) is 24.5 Å². The van der Waals surface area contributed by atoms with Crippen molar-refractivity contribution in [3.8, 4) is 17.2 Å². The van der Waals surface area contributed by atoms with Gasteiger partial charge in [0.25, 0.3) is 5.56 Å². The van der Waals surface area contributed by atoms with Gasteiger partial charge in [0.05, 0.1) is 20.3 Å². The normalized spacial score (nSPS) is 16.6. The number of pyridine rings is 1. The summed E-state index contributed by atoms with van der Waals surface area (Å²) in [6.07, 6.45) is 0. The molecule has 12 heteroatoms. The molecular formula is C27H31N7O5. The van der Waals surface area contributed by atoms with Gasteiger partial charge in [-0.15, -0.1) is 5.10 Å². The summed E-state index contributed by atoms with van der Waals surface area (Å²) in [5.41, 5.74) is 2.35. The molecular weight excluding hydrogens is 502 g/mol. The van der Waals surface area contributed by atoms with Gasteiger partial charge in [0.2, 0.25) is 6.79 Å². The standard InChI is InChI=1S/C27H31N7O5/c1-36-12-11-34-26(29-30-31-34)25(21-15-19-14-20(37-2)4-5-22(19)28-27(21)35)33-9-7-32(8-10-33)16-18-3-6-23-24(13-18)39-17-38-23/h3-6,13-15,25H,7-12,16-17H2,1-2H3,(H,28,35)/t25-/m1/s1. The van der Waals surface area contributed by atoms with Crippen LogP contribution in [-0.2, 0) is 17.8 Å². The van der Waals surface area contributed by atoms with Crippen LogP contribution in [0.25, 0.3) is 10.9 Å². The summed E-state index contributed by atoms with van der Waals surface area (Å²) in [7, 11) is 3.27. The number of benzene rings is 2. The molecule has 39 heavy (non-hydrogen) atoms. The number of rotatable bonds is 9. The Morgan fingerprint density at radius 2 is 1.87 bits per heavy atom. The van der Waals surface area contributed by atoms with Crippen LogP contribution in [-0.4, -0.2) is 88.8 Å². The smallest absolute Gasteiger partial charge is 0.253 e. The molecule has 0 unspecified atom stereocenters. The summed E-state index contributed by atoms with van der Waals surface area (Å²) in [5, 5.41) is 13.4. The number of nitrogens with zero attached hydrogens (tertiary/aromatic N) is 6. The van der Waals surface area contributed by atoms with E-state index in [9.17, 15) is 4.79 Å². The number of hydrogen-bond donors (Lipinski definition) is 1. The quantitative estimate of drug-likeness (QED) is 0.341. The first-order valence-electron chi connectivity index (χ1n) is 12.9. The molecule has 0 spiro atoms. The molecule has 0 amide bonds. The lowest BCUT2D eigenvalue weighted by molar-refractivity contribution is 0.0984. The second kappa shape index (κ2) is 11.0. The van der Waals surface area contributed by atoms with Crippen LogP contribution in [0.2, 0.25) is 0 Å². The monoisotopic (exact) mass is 533 g/mol. The largest absolute Gasteiger partial charge is 0.497 e. The lowest BCUT2D eigenvalue weighted by atomic mass is 10.0. The van der Waals surface area contributed by atoms with E-state index in [4.69, 9.17) is 18.9 Å². The fraction of sp³-hybridized carbons (Fsp3) is 0.407. The summed E-state index contributed by atoms with van der Waals surface area (Å²) in [5.74, 6) is 2.92. The van der Waals surface area contributed by atoms with Crippen molar-refractivity contribution in [3.63, 3.8) is 0 Å². The minimum absolute atomic E-state index is 0.165. The third-order valence-electron chi connectivity index (χ3n) is 7.30. The molecule has 0 saturated carbocycles. The van der Waals surface area contributed by atoms with E-state index in [1.165, 1.54) is 5.56 Å². The van der Waals surface area contributed by atoms with Gasteiger partial charge in [0.15, 0.2) is 17.3 Å². The molecule has 6 rings (SSSR count). The van der Waals surface area contributed by atoms with Crippen LogP contribution in [0, 0.1) is 0 Å². The maximum absolute atomic E-state index is 13.4. The zero-order valence-electron chi connectivity index (χ0n) is 22.0. The molecule has 2 aromatic carbocycles. The molecule has 2 aromatic heterocycles. The molecule has 0 bridgehead atoms. The van der Waals surface area contributed by atoms with Crippen molar-refractivity contribution >= 4 is 10.9 Å². The SMILES string of the molecule is COCCn1nnnc1[C@@H](c1cc2cc(OC)ccc2[nH]c1=O)N1CCN(Cc2ccc3c(c2)OCO3)CC1. The van der Waals surface area contributed by atoms with E-state index in [2.05, 4.69) is 36.4 Å². The third-order valence-corrected chi connectivity index (χ3v) is 7.30. The zero-order valence-corrected chi connectivity index (χ0v) is 22.0. The van der Waals surface area contributed by atoms with Crippen molar-refractivity contribution in [3.05, 3.63) is 69.8 Å². The highest BCUT2D eigenvalue weighted by Gasteiger charge is 2.33. The van der Waals surface area contributed by atoms with Crippen molar-refractivity contribution in [2.75, 3.05) is 53.8 Å². The van der Waals surface area contributed by atoms with Crippen molar-refractivity contribution in [2.45, 2.75) is 19.1 Å². The number of aromatic nitrogens is 5. The third kappa shape index (κ3) is 5.18. The number of nitrogens with one attached hydrogen (secondary N) is 1. The van der Waals surface area contributed by atoms with Crippen LogP contribution in [0.1, 0.15) is 23.0 Å². The lowest BCUT2D eigenvalue weighted by Gasteiger charge is -2.38. The number of hydrogen-bond acceptors (Lipinski definition) is 10. The van der Waals surface area contributed by atoms with Gasteiger partial charge < -0.3 is 23.9 Å². The minimum Gasteiger partial charge on any atom is -0.497 e. The van der Waals surface area contributed by atoms with Crippen molar-refractivity contribution in [1.82, 2.24) is 35.0 Å². The number of piperazine rings is 1. The molecule has 1 N–H and O–H groups in total. The van der Waals surface area contributed by atoms with Crippen LogP contribution < -0.4 is 19.8 Å². The van der Waals surface area contributed by atoms with Gasteiger partial charge in [0, 0.05) is 56.3 Å². The zero-order chi connectivity index (χ0) is 26.8. The van der Waals surface area contributed by atoms with E-state index in [-0.39, 0.29) is 12.4 Å². The van der Waals surface area contributed by atoms with Crippen molar-refractivity contribution in [2.24, 2.45) is 0 Å². The number of aromatic amines is 1.